The van der Waals surface area contributed by atoms with Gasteiger partial charge >= 0.3 is 0 Å². The van der Waals surface area contributed by atoms with E-state index in [0.29, 0.717) is 5.02 Å². The van der Waals surface area contributed by atoms with Crippen molar-refractivity contribution in [1.29, 1.82) is 0 Å². The molecule has 0 saturated heterocycles. The molecule has 0 amide bonds. The lowest BCUT2D eigenvalue weighted by atomic mass is 10.0. The van der Waals surface area contributed by atoms with Crippen LogP contribution >= 0.6 is 34.5 Å². The Bertz CT molecular complexity index is 573. The summed E-state index contributed by atoms with van der Waals surface area (Å²) in [7, 11) is 0. The quantitative estimate of drug-likeness (QED) is 0.719. The average molecular weight is 328 g/mol. The largest absolute Gasteiger partial charge is 0.305 e. The zero-order chi connectivity index (χ0) is 14.7. The number of rotatable bonds is 5. The Morgan fingerprint density at radius 2 is 1.95 bits per heavy atom. The third-order valence-electron chi connectivity index (χ3n) is 3.49. The fourth-order valence-corrected chi connectivity index (χ4v) is 3.76. The first kappa shape index (κ1) is 15.8. The smallest absolute Gasteiger partial charge is 0.0468 e. The maximum atomic E-state index is 6.29. The van der Waals surface area contributed by atoms with E-state index in [1.165, 1.54) is 15.3 Å². The molecule has 2 aromatic rings. The van der Waals surface area contributed by atoms with Crippen molar-refractivity contribution >= 4 is 34.5 Å². The molecule has 1 N–H and O–H groups in total. The van der Waals surface area contributed by atoms with Crippen LogP contribution < -0.4 is 5.32 Å². The fraction of sp³-hybridized carbons (Fsp3) is 0.375. The van der Waals surface area contributed by atoms with Crippen LogP contribution in [-0.4, -0.2) is 0 Å². The minimum Gasteiger partial charge on any atom is -0.305 e. The molecule has 1 heterocycles. The van der Waals surface area contributed by atoms with Crippen LogP contribution in [0.1, 0.15) is 40.3 Å². The predicted molar refractivity (Wildman–Crippen MR) is 90.1 cm³/mol. The minimum atomic E-state index is 0.252. The van der Waals surface area contributed by atoms with E-state index in [4.69, 9.17) is 23.2 Å². The molecule has 1 unspecified atom stereocenters. The first-order valence-electron chi connectivity index (χ1n) is 6.75. The van der Waals surface area contributed by atoms with Gasteiger partial charge in [0.25, 0.3) is 0 Å². The zero-order valence-corrected chi connectivity index (χ0v) is 14.3. The molecule has 1 aromatic carbocycles. The Morgan fingerprint density at radius 1 is 1.20 bits per heavy atom. The Morgan fingerprint density at radius 3 is 2.50 bits per heavy atom. The third-order valence-corrected chi connectivity index (χ3v) is 5.20. The Balaban J connectivity index is 2.09. The zero-order valence-electron chi connectivity index (χ0n) is 12.0. The Kier molecular flexibility index (Phi) is 5.50. The lowest BCUT2D eigenvalue weighted by Gasteiger charge is -2.18. The first-order chi connectivity index (χ1) is 9.51. The van der Waals surface area contributed by atoms with Crippen LogP contribution in [-0.2, 0) is 6.54 Å². The standard InChI is InChI=1S/C16H19Cl2NS/c1-4-16(14-6-5-12(17)8-15(14)18)19-9-13-7-10(2)11(3)20-13/h5-8,16,19H,4,9H2,1-3H3. The molecule has 0 spiro atoms. The highest BCUT2D eigenvalue weighted by Crippen LogP contribution is 2.29. The van der Waals surface area contributed by atoms with Gasteiger partial charge in [-0.15, -0.1) is 11.3 Å². The lowest BCUT2D eigenvalue weighted by Crippen LogP contribution is -2.20. The molecular formula is C16H19Cl2NS. The highest BCUT2D eigenvalue weighted by Gasteiger charge is 2.13. The molecular weight excluding hydrogens is 309 g/mol. The van der Waals surface area contributed by atoms with Gasteiger partial charge in [0.1, 0.15) is 0 Å². The van der Waals surface area contributed by atoms with Crippen molar-refractivity contribution in [1.82, 2.24) is 5.32 Å². The molecule has 0 radical (unpaired) electrons. The van der Waals surface area contributed by atoms with Gasteiger partial charge in [0.05, 0.1) is 0 Å². The first-order valence-corrected chi connectivity index (χ1v) is 8.32. The number of halogens is 2. The highest BCUT2D eigenvalue weighted by atomic mass is 35.5. The van der Waals surface area contributed by atoms with E-state index in [1.807, 2.05) is 29.5 Å². The summed E-state index contributed by atoms with van der Waals surface area (Å²) in [4.78, 5) is 2.75. The maximum Gasteiger partial charge on any atom is 0.0468 e. The van der Waals surface area contributed by atoms with Crippen molar-refractivity contribution in [3.05, 3.63) is 55.2 Å². The van der Waals surface area contributed by atoms with E-state index >= 15 is 0 Å². The minimum absolute atomic E-state index is 0.252. The van der Waals surface area contributed by atoms with Gasteiger partial charge in [-0.1, -0.05) is 36.2 Å². The number of benzene rings is 1. The predicted octanol–water partition coefficient (Wildman–Crippen LogP) is 5.91. The second kappa shape index (κ2) is 6.95. The van der Waals surface area contributed by atoms with Gasteiger partial charge < -0.3 is 5.32 Å². The third kappa shape index (κ3) is 3.76. The van der Waals surface area contributed by atoms with Crippen molar-refractivity contribution in [2.75, 3.05) is 0 Å². The van der Waals surface area contributed by atoms with Crippen LogP contribution in [0.25, 0.3) is 0 Å². The van der Waals surface area contributed by atoms with E-state index in [1.54, 1.807) is 0 Å². The molecule has 0 bridgehead atoms. The average Bonchev–Trinajstić information content (AvgIpc) is 2.71. The summed E-state index contributed by atoms with van der Waals surface area (Å²) in [5, 5.41) is 5.00. The van der Waals surface area contributed by atoms with Crippen molar-refractivity contribution in [3.63, 3.8) is 0 Å². The monoisotopic (exact) mass is 327 g/mol. The Hall–Kier alpha value is -0.540. The molecule has 1 nitrogen and oxygen atoms in total. The van der Waals surface area contributed by atoms with E-state index in [9.17, 15) is 0 Å². The number of hydrogen-bond acceptors (Lipinski definition) is 2. The molecule has 0 aliphatic heterocycles. The highest BCUT2D eigenvalue weighted by molar-refractivity contribution is 7.12. The Labute approximate surface area is 134 Å². The van der Waals surface area contributed by atoms with E-state index in [-0.39, 0.29) is 6.04 Å². The summed E-state index contributed by atoms with van der Waals surface area (Å²) in [5.41, 5.74) is 2.48. The van der Waals surface area contributed by atoms with Crippen molar-refractivity contribution < 1.29 is 0 Å². The lowest BCUT2D eigenvalue weighted by molar-refractivity contribution is 0.522. The molecule has 0 aliphatic carbocycles. The summed E-state index contributed by atoms with van der Waals surface area (Å²) >= 11 is 14.1. The summed E-state index contributed by atoms with van der Waals surface area (Å²) in [6, 6.07) is 8.22. The number of hydrogen-bond donors (Lipinski definition) is 1. The molecule has 108 valence electrons. The SMILES string of the molecule is CCC(NCc1cc(C)c(C)s1)c1ccc(Cl)cc1Cl. The molecule has 2 rings (SSSR count). The van der Waals surface area contributed by atoms with Crippen molar-refractivity contribution in [2.45, 2.75) is 39.8 Å². The van der Waals surface area contributed by atoms with Gasteiger partial charge in [0.15, 0.2) is 0 Å². The van der Waals surface area contributed by atoms with Crippen LogP contribution in [0.4, 0.5) is 0 Å². The number of nitrogens with one attached hydrogen (secondary N) is 1. The molecule has 1 aromatic heterocycles. The van der Waals surface area contributed by atoms with E-state index in [2.05, 4.69) is 32.2 Å². The van der Waals surface area contributed by atoms with E-state index < -0.39 is 0 Å². The molecule has 0 aliphatic rings. The molecule has 0 saturated carbocycles. The summed E-state index contributed by atoms with van der Waals surface area (Å²) in [5.74, 6) is 0. The van der Waals surface area contributed by atoms with Crippen LogP contribution in [0.2, 0.25) is 10.0 Å². The van der Waals surface area contributed by atoms with Crippen molar-refractivity contribution in [3.8, 4) is 0 Å². The molecule has 4 heteroatoms. The van der Waals surface area contributed by atoms with Crippen LogP contribution in [0.3, 0.4) is 0 Å². The molecule has 1 atom stereocenters. The van der Waals surface area contributed by atoms with Crippen LogP contribution in [0, 0.1) is 13.8 Å². The number of aryl methyl sites for hydroxylation is 2. The maximum absolute atomic E-state index is 6.29. The van der Waals surface area contributed by atoms with Gasteiger partial charge in [-0.25, -0.2) is 0 Å². The second-order valence-corrected chi connectivity index (χ2v) is 7.14. The normalized spacial score (nSPS) is 12.7. The summed E-state index contributed by atoms with van der Waals surface area (Å²) in [6.45, 7) is 7.35. The number of thiophene rings is 1. The topological polar surface area (TPSA) is 12.0 Å². The van der Waals surface area contributed by atoms with Crippen molar-refractivity contribution in [2.24, 2.45) is 0 Å². The second-order valence-electron chi connectivity index (χ2n) is 4.96. The van der Waals surface area contributed by atoms with Gasteiger partial charge in [-0.3, -0.25) is 0 Å². The molecule has 0 fully saturated rings. The van der Waals surface area contributed by atoms with Crippen LogP contribution in [0.5, 0.6) is 0 Å². The van der Waals surface area contributed by atoms with E-state index in [0.717, 1.165) is 23.6 Å². The van der Waals surface area contributed by atoms with Crippen LogP contribution in [0.15, 0.2) is 24.3 Å². The van der Waals surface area contributed by atoms with Gasteiger partial charge in [0.2, 0.25) is 0 Å². The summed E-state index contributed by atoms with van der Waals surface area (Å²) < 4.78 is 0. The van der Waals surface area contributed by atoms with Gasteiger partial charge in [-0.05, 0) is 49.6 Å². The van der Waals surface area contributed by atoms with Gasteiger partial charge in [0, 0.05) is 32.4 Å². The molecule has 20 heavy (non-hydrogen) atoms. The van der Waals surface area contributed by atoms with Gasteiger partial charge in [-0.2, -0.15) is 0 Å². The summed E-state index contributed by atoms with van der Waals surface area (Å²) in [6.07, 6.45) is 0.991. The fourth-order valence-electron chi connectivity index (χ4n) is 2.22.